The molecule has 0 aliphatic carbocycles. The normalized spacial score (nSPS) is 18.3. The fourth-order valence-corrected chi connectivity index (χ4v) is 2.29. The number of hydrogen-bond donors (Lipinski definition) is 3. The monoisotopic (exact) mass is 248 g/mol. The maximum absolute atomic E-state index is 12.1. The van der Waals surface area contributed by atoms with E-state index in [0.717, 1.165) is 31.5 Å². The highest BCUT2D eigenvalue weighted by molar-refractivity contribution is 5.79. The minimum absolute atomic E-state index is 0.0550. The molecular weight excluding hydrogens is 228 g/mol. The second kappa shape index (κ2) is 6.52. The number of carbonyl (C=O) groups excluding carboxylic acids is 1. The number of aliphatic hydroxyl groups is 1. The van der Waals surface area contributed by atoms with Crippen LogP contribution in [-0.4, -0.2) is 30.7 Å². The Hall–Kier alpha value is -1.39. The minimum atomic E-state index is -0.298. The van der Waals surface area contributed by atoms with Crippen molar-refractivity contribution in [2.24, 2.45) is 5.92 Å². The number of piperidine rings is 1. The summed E-state index contributed by atoms with van der Waals surface area (Å²) in [7, 11) is 0. The second-order valence-electron chi connectivity index (χ2n) is 4.68. The van der Waals surface area contributed by atoms with Crippen molar-refractivity contribution < 1.29 is 9.90 Å². The van der Waals surface area contributed by atoms with Gasteiger partial charge in [-0.1, -0.05) is 30.3 Å². The fourth-order valence-electron chi connectivity index (χ4n) is 2.29. The molecule has 1 aliphatic heterocycles. The van der Waals surface area contributed by atoms with Gasteiger partial charge < -0.3 is 15.7 Å². The van der Waals surface area contributed by atoms with Crippen LogP contribution in [0.15, 0.2) is 30.3 Å². The Kier molecular flexibility index (Phi) is 4.73. The number of carbonyl (C=O) groups is 1. The molecule has 1 aliphatic rings. The molecule has 1 fully saturated rings. The van der Waals surface area contributed by atoms with Crippen LogP contribution in [-0.2, 0) is 4.79 Å². The van der Waals surface area contributed by atoms with Gasteiger partial charge in [-0.3, -0.25) is 4.79 Å². The van der Waals surface area contributed by atoms with E-state index in [-0.39, 0.29) is 24.5 Å². The zero-order valence-corrected chi connectivity index (χ0v) is 10.4. The van der Waals surface area contributed by atoms with Crippen LogP contribution in [0.2, 0.25) is 0 Å². The standard InChI is InChI=1S/C14H20N2O2/c17-10-13(11-4-2-1-3-5-11)16-14(18)12-6-8-15-9-7-12/h1-5,12-13,15,17H,6-10H2,(H,16,18)/t13-/m0/s1. The smallest absolute Gasteiger partial charge is 0.223 e. The van der Waals surface area contributed by atoms with Crippen LogP contribution in [0.3, 0.4) is 0 Å². The molecule has 4 nitrogen and oxygen atoms in total. The van der Waals surface area contributed by atoms with Crippen molar-refractivity contribution >= 4 is 5.91 Å². The van der Waals surface area contributed by atoms with Crippen LogP contribution in [0.4, 0.5) is 0 Å². The van der Waals surface area contributed by atoms with Gasteiger partial charge in [-0.25, -0.2) is 0 Å². The maximum atomic E-state index is 12.1. The van der Waals surface area contributed by atoms with Crippen molar-refractivity contribution in [2.75, 3.05) is 19.7 Å². The third-order valence-corrected chi connectivity index (χ3v) is 3.41. The molecule has 98 valence electrons. The van der Waals surface area contributed by atoms with Gasteiger partial charge in [-0.05, 0) is 31.5 Å². The van der Waals surface area contributed by atoms with Crippen LogP contribution in [0, 0.1) is 5.92 Å². The summed E-state index contributed by atoms with van der Waals surface area (Å²) in [6, 6.07) is 9.29. The van der Waals surface area contributed by atoms with Gasteiger partial charge in [0, 0.05) is 5.92 Å². The third kappa shape index (κ3) is 3.31. The van der Waals surface area contributed by atoms with Gasteiger partial charge in [0.2, 0.25) is 5.91 Å². The van der Waals surface area contributed by atoms with Crippen LogP contribution in [0.1, 0.15) is 24.4 Å². The number of aliphatic hydroxyl groups excluding tert-OH is 1. The van der Waals surface area contributed by atoms with Gasteiger partial charge in [0.25, 0.3) is 0 Å². The molecule has 18 heavy (non-hydrogen) atoms. The molecule has 0 saturated carbocycles. The average molecular weight is 248 g/mol. The summed E-state index contributed by atoms with van der Waals surface area (Å²) in [6.07, 6.45) is 1.75. The van der Waals surface area contributed by atoms with E-state index in [1.165, 1.54) is 0 Å². The van der Waals surface area contributed by atoms with Gasteiger partial charge >= 0.3 is 0 Å². The lowest BCUT2D eigenvalue weighted by atomic mass is 9.96. The molecule has 1 aromatic carbocycles. The van der Waals surface area contributed by atoms with E-state index in [9.17, 15) is 9.90 Å². The van der Waals surface area contributed by atoms with Gasteiger partial charge in [-0.15, -0.1) is 0 Å². The van der Waals surface area contributed by atoms with Crippen molar-refractivity contribution in [1.82, 2.24) is 10.6 Å². The maximum Gasteiger partial charge on any atom is 0.223 e. The van der Waals surface area contributed by atoms with Crippen molar-refractivity contribution in [3.63, 3.8) is 0 Å². The molecule has 1 heterocycles. The number of amides is 1. The zero-order valence-electron chi connectivity index (χ0n) is 10.4. The second-order valence-corrected chi connectivity index (χ2v) is 4.68. The fraction of sp³-hybridized carbons (Fsp3) is 0.500. The van der Waals surface area contributed by atoms with Crippen LogP contribution in [0.25, 0.3) is 0 Å². The van der Waals surface area contributed by atoms with Crippen molar-refractivity contribution in [3.8, 4) is 0 Å². The Morgan fingerprint density at radius 2 is 2.00 bits per heavy atom. The molecular formula is C14H20N2O2. The van der Waals surface area contributed by atoms with Gasteiger partial charge in [0.05, 0.1) is 12.6 Å². The summed E-state index contributed by atoms with van der Waals surface area (Å²) in [4.78, 5) is 12.1. The summed E-state index contributed by atoms with van der Waals surface area (Å²) >= 11 is 0. The predicted molar refractivity (Wildman–Crippen MR) is 70.0 cm³/mol. The van der Waals surface area contributed by atoms with Crippen molar-refractivity contribution in [1.29, 1.82) is 0 Å². The Morgan fingerprint density at radius 1 is 1.33 bits per heavy atom. The van der Waals surface area contributed by atoms with E-state index >= 15 is 0 Å². The summed E-state index contributed by atoms with van der Waals surface area (Å²) in [5.41, 5.74) is 0.947. The molecule has 0 radical (unpaired) electrons. The Balaban J connectivity index is 1.95. The Labute approximate surface area is 107 Å². The molecule has 1 atom stereocenters. The van der Waals surface area contributed by atoms with Crippen LogP contribution in [0.5, 0.6) is 0 Å². The number of hydrogen-bond acceptors (Lipinski definition) is 3. The molecule has 2 rings (SSSR count). The molecule has 0 unspecified atom stereocenters. The molecule has 1 saturated heterocycles. The molecule has 1 aromatic rings. The van der Waals surface area contributed by atoms with E-state index in [1.54, 1.807) is 0 Å². The summed E-state index contributed by atoms with van der Waals surface area (Å²) in [5, 5.41) is 15.6. The molecule has 0 aromatic heterocycles. The van der Waals surface area contributed by atoms with E-state index in [2.05, 4.69) is 10.6 Å². The topological polar surface area (TPSA) is 61.4 Å². The quantitative estimate of drug-likeness (QED) is 0.740. The first-order valence-corrected chi connectivity index (χ1v) is 6.48. The first-order valence-electron chi connectivity index (χ1n) is 6.48. The average Bonchev–Trinajstić information content (AvgIpc) is 2.46. The Morgan fingerprint density at radius 3 is 2.61 bits per heavy atom. The summed E-state index contributed by atoms with van der Waals surface area (Å²) in [6.45, 7) is 1.72. The molecule has 4 heteroatoms. The first-order chi connectivity index (χ1) is 8.81. The number of rotatable bonds is 4. The molecule has 0 spiro atoms. The minimum Gasteiger partial charge on any atom is -0.394 e. The molecule has 0 bridgehead atoms. The van der Waals surface area contributed by atoms with E-state index < -0.39 is 0 Å². The van der Waals surface area contributed by atoms with E-state index in [4.69, 9.17) is 0 Å². The first kappa shape index (κ1) is 13.1. The van der Waals surface area contributed by atoms with Crippen molar-refractivity contribution in [2.45, 2.75) is 18.9 Å². The largest absolute Gasteiger partial charge is 0.394 e. The highest BCUT2D eigenvalue weighted by Crippen LogP contribution is 2.16. The Bertz CT molecular complexity index is 375. The SMILES string of the molecule is O=C(N[C@@H](CO)c1ccccc1)C1CCNCC1. The van der Waals surface area contributed by atoms with E-state index in [0.29, 0.717) is 0 Å². The summed E-state index contributed by atoms with van der Waals surface area (Å²) < 4.78 is 0. The predicted octanol–water partition coefficient (Wildman–Crippen LogP) is 0.836. The lowest BCUT2D eigenvalue weighted by molar-refractivity contribution is -0.126. The molecule has 3 N–H and O–H groups in total. The lowest BCUT2D eigenvalue weighted by Gasteiger charge is -2.24. The third-order valence-electron chi connectivity index (χ3n) is 3.41. The summed E-state index contributed by atoms with van der Waals surface area (Å²) in [5.74, 6) is 0.128. The van der Waals surface area contributed by atoms with Gasteiger partial charge in [0.1, 0.15) is 0 Å². The lowest BCUT2D eigenvalue weighted by Crippen LogP contribution is -2.40. The number of benzene rings is 1. The van der Waals surface area contributed by atoms with Gasteiger partial charge in [0.15, 0.2) is 0 Å². The zero-order chi connectivity index (χ0) is 12.8. The van der Waals surface area contributed by atoms with Crippen LogP contribution < -0.4 is 10.6 Å². The van der Waals surface area contributed by atoms with Crippen molar-refractivity contribution in [3.05, 3.63) is 35.9 Å². The number of nitrogens with one attached hydrogen (secondary N) is 2. The van der Waals surface area contributed by atoms with Gasteiger partial charge in [-0.2, -0.15) is 0 Å². The molecule has 1 amide bonds. The highest BCUT2D eigenvalue weighted by Gasteiger charge is 2.23. The van der Waals surface area contributed by atoms with E-state index in [1.807, 2.05) is 30.3 Å². The highest BCUT2D eigenvalue weighted by atomic mass is 16.3. The van der Waals surface area contributed by atoms with Crippen LogP contribution >= 0.6 is 0 Å².